The largest absolute Gasteiger partial charge is 0.388 e. The highest BCUT2D eigenvalue weighted by molar-refractivity contribution is 5.79. The van der Waals surface area contributed by atoms with Gasteiger partial charge in [0.15, 0.2) is 0 Å². The molecule has 0 bridgehead atoms. The van der Waals surface area contributed by atoms with E-state index in [1.54, 1.807) is 6.20 Å². The summed E-state index contributed by atoms with van der Waals surface area (Å²) in [6, 6.07) is 9.54. The predicted octanol–water partition coefficient (Wildman–Crippen LogP) is 1.05. The van der Waals surface area contributed by atoms with Crippen LogP contribution < -0.4 is 16.6 Å². The van der Waals surface area contributed by atoms with Gasteiger partial charge in [0.05, 0.1) is 11.5 Å². The number of aromatic nitrogens is 3. The molecule has 0 spiro atoms. The molecule has 3 aromatic rings. The van der Waals surface area contributed by atoms with Crippen LogP contribution in [0.15, 0.2) is 41.3 Å². The van der Waals surface area contributed by atoms with Crippen LogP contribution in [0.5, 0.6) is 0 Å². The first-order valence-corrected chi connectivity index (χ1v) is 7.44. The number of nitrogens with zero attached hydrogens (tertiary/aromatic N) is 1. The number of nitrogen functional groups attached to an aromatic ring is 1. The summed E-state index contributed by atoms with van der Waals surface area (Å²) in [6.07, 6.45) is 1.83. The van der Waals surface area contributed by atoms with Crippen molar-refractivity contribution >= 4 is 17.0 Å². The number of rotatable bonds is 6. The number of nitrogens with one attached hydrogen (secondary N) is 3. The summed E-state index contributed by atoms with van der Waals surface area (Å²) in [6.45, 7) is 1.14. The van der Waals surface area contributed by atoms with E-state index in [-0.39, 0.29) is 11.5 Å². The number of hydrogen-bond acceptors (Lipinski definition) is 5. The van der Waals surface area contributed by atoms with E-state index < -0.39 is 6.10 Å². The standard InChI is InChI=1S/C16H19N5O2/c17-16-20-14-13(15(23)21-16)11(9-19-14)8-18-7-6-12(22)10-4-2-1-3-5-10/h1-5,9,12,18,22H,6-8H2,(H4,17,19,20,21,23)/t12-/m0/s1. The van der Waals surface area contributed by atoms with Crippen LogP contribution in [-0.4, -0.2) is 26.6 Å². The molecule has 7 heteroatoms. The number of anilines is 1. The Morgan fingerprint density at radius 3 is 2.87 bits per heavy atom. The highest BCUT2D eigenvalue weighted by Gasteiger charge is 2.10. The lowest BCUT2D eigenvalue weighted by Gasteiger charge is -2.11. The van der Waals surface area contributed by atoms with E-state index in [1.165, 1.54) is 0 Å². The Morgan fingerprint density at radius 2 is 2.09 bits per heavy atom. The van der Waals surface area contributed by atoms with Gasteiger partial charge in [0, 0.05) is 12.7 Å². The number of nitrogens with two attached hydrogens (primary N) is 1. The number of aromatic amines is 2. The van der Waals surface area contributed by atoms with Gasteiger partial charge < -0.3 is 21.1 Å². The van der Waals surface area contributed by atoms with Crippen LogP contribution in [0, 0.1) is 0 Å². The molecule has 0 aliphatic heterocycles. The van der Waals surface area contributed by atoms with E-state index in [1.807, 2.05) is 30.3 Å². The summed E-state index contributed by atoms with van der Waals surface area (Å²) in [5.74, 6) is 0.0924. The summed E-state index contributed by atoms with van der Waals surface area (Å²) in [7, 11) is 0. The van der Waals surface area contributed by atoms with Gasteiger partial charge in [-0.3, -0.25) is 9.78 Å². The number of benzene rings is 1. The zero-order chi connectivity index (χ0) is 16.2. The van der Waals surface area contributed by atoms with Crippen LogP contribution in [-0.2, 0) is 6.54 Å². The van der Waals surface area contributed by atoms with E-state index >= 15 is 0 Å². The Morgan fingerprint density at radius 1 is 1.30 bits per heavy atom. The summed E-state index contributed by atoms with van der Waals surface area (Å²) in [4.78, 5) is 21.4. The van der Waals surface area contributed by atoms with E-state index in [2.05, 4.69) is 20.3 Å². The second-order valence-electron chi connectivity index (χ2n) is 5.38. The van der Waals surface area contributed by atoms with Gasteiger partial charge in [0.2, 0.25) is 5.95 Å². The smallest absolute Gasteiger partial charge is 0.262 e. The van der Waals surface area contributed by atoms with Crippen LogP contribution >= 0.6 is 0 Å². The van der Waals surface area contributed by atoms with Gasteiger partial charge in [-0.1, -0.05) is 30.3 Å². The summed E-state index contributed by atoms with van der Waals surface area (Å²) >= 11 is 0. The van der Waals surface area contributed by atoms with Gasteiger partial charge in [-0.25, -0.2) is 0 Å². The highest BCUT2D eigenvalue weighted by Crippen LogP contribution is 2.16. The van der Waals surface area contributed by atoms with E-state index in [9.17, 15) is 9.90 Å². The monoisotopic (exact) mass is 313 g/mol. The zero-order valence-corrected chi connectivity index (χ0v) is 12.5. The predicted molar refractivity (Wildman–Crippen MR) is 88.9 cm³/mol. The third kappa shape index (κ3) is 3.41. The minimum absolute atomic E-state index is 0.0924. The van der Waals surface area contributed by atoms with Gasteiger partial charge >= 0.3 is 0 Å². The highest BCUT2D eigenvalue weighted by atomic mass is 16.3. The van der Waals surface area contributed by atoms with Gasteiger partial charge in [0.25, 0.3) is 5.56 Å². The molecule has 2 heterocycles. The molecule has 2 aromatic heterocycles. The van der Waals surface area contributed by atoms with Crippen molar-refractivity contribution in [1.82, 2.24) is 20.3 Å². The molecule has 120 valence electrons. The number of hydrogen-bond donors (Lipinski definition) is 5. The Bertz CT molecular complexity index is 841. The maximum Gasteiger partial charge on any atom is 0.262 e. The zero-order valence-electron chi connectivity index (χ0n) is 12.5. The molecule has 0 amide bonds. The van der Waals surface area contributed by atoms with Crippen LogP contribution in [0.4, 0.5) is 5.95 Å². The molecule has 0 fully saturated rings. The Labute approximate surface area is 132 Å². The Hall–Kier alpha value is -2.64. The molecule has 7 nitrogen and oxygen atoms in total. The molecule has 0 saturated carbocycles. The molecule has 0 aliphatic rings. The first kappa shape index (κ1) is 15.3. The normalized spacial score (nSPS) is 12.6. The molecular weight excluding hydrogens is 294 g/mol. The quantitative estimate of drug-likeness (QED) is 0.436. The van der Waals surface area contributed by atoms with Crippen molar-refractivity contribution in [2.75, 3.05) is 12.3 Å². The fourth-order valence-corrected chi connectivity index (χ4v) is 2.56. The van der Waals surface area contributed by atoms with E-state index in [0.29, 0.717) is 30.5 Å². The van der Waals surface area contributed by atoms with Gasteiger partial charge in [-0.2, -0.15) is 4.98 Å². The first-order chi connectivity index (χ1) is 11.1. The second-order valence-corrected chi connectivity index (χ2v) is 5.38. The third-order valence-corrected chi connectivity index (χ3v) is 3.74. The maximum absolute atomic E-state index is 11.9. The van der Waals surface area contributed by atoms with E-state index in [0.717, 1.165) is 11.1 Å². The van der Waals surface area contributed by atoms with Crippen LogP contribution in [0.2, 0.25) is 0 Å². The summed E-state index contributed by atoms with van der Waals surface area (Å²) in [5, 5.41) is 13.8. The van der Waals surface area contributed by atoms with Crippen LogP contribution in [0.3, 0.4) is 0 Å². The van der Waals surface area contributed by atoms with E-state index in [4.69, 9.17) is 5.73 Å². The molecule has 0 saturated heterocycles. The van der Waals surface area contributed by atoms with Crippen LogP contribution in [0.1, 0.15) is 23.7 Å². The maximum atomic E-state index is 11.9. The number of aliphatic hydroxyl groups excluding tert-OH is 1. The van der Waals surface area contributed by atoms with Crippen LogP contribution in [0.25, 0.3) is 11.0 Å². The molecule has 23 heavy (non-hydrogen) atoms. The number of aliphatic hydroxyl groups is 1. The van der Waals surface area contributed by atoms with Crippen molar-refractivity contribution in [3.8, 4) is 0 Å². The molecule has 6 N–H and O–H groups in total. The van der Waals surface area contributed by atoms with Crippen molar-refractivity contribution in [3.05, 3.63) is 58.0 Å². The fraction of sp³-hybridized carbons (Fsp3) is 0.250. The average molecular weight is 313 g/mol. The van der Waals surface area contributed by atoms with Crippen molar-refractivity contribution in [2.24, 2.45) is 0 Å². The van der Waals surface area contributed by atoms with Crippen molar-refractivity contribution in [3.63, 3.8) is 0 Å². The lowest BCUT2D eigenvalue weighted by molar-refractivity contribution is 0.167. The molecule has 1 atom stereocenters. The Kier molecular flexibility index (Phi) is 4.40. The first-order valence-electron chi connectivity index (χ1n) is 7.44. The second kappa shape index (κ2) is 6.64. The molecule has 0 unspecified atom stereocenters. The fourth-order valence-electron chi connectivity index (χ4n) is 2.56. The van der Waals surface area contributed by atoms with Crippen molar-refractivity contribution < 1.29 is 5.11 Å². The molecular formula is C16H19N5O2. The SMILES string of the molecule is Nc1nc2[nH]cc(CNCC[C@H](O)c3ccccc3)c2c(=O)[nH]1. The Balaban J connectivity index is 1.58. The lowest BCUT2D eigenvalue weighted by atomic mass is 10.1. The molecule has 1 aromatic carbocycles. The minimum Gasteiger partial charge on any atom is -0.388 e. The molecule has 0 aliphatic carbocycles. The van der Waals surface area contributed by atoms with Crippen molar-refractivity contribution in [2.45, 2.75) is 19.1 Å². The topological polar surface area (TPSA) is 120 Å². The summed E-state index contributed by atoms with van der Waals surface area (Å²) < 4.78 is 0. The van der Waals surface area contributed by atoms with Gasteiger partial charge in [-0.05, 0) is 24.1 Å². The van der Waals surface area contributed by atoms with Gasteiger partial charge in [0.1, 0.15) is 5.65 Å². The number of fused-ring (bicyclic) bond motifs is 1. The minimum atomic E-state index is -0.503. The van der Waals surface area contributed by atoms with Crippen molar-refractivity contribution in [1.29, 1.82) is 0 Å². The molecule has 3 rings (SSSR count). The molecule has 0 radical (unpaired) electrons. The third-order valence-electron chi connectivity index (χ3n) is 3.74. The lowest BCUT2D eigenvalue weighted by Crippen LogP contribution is -2.18. The van der Waals surface area contributed by atoms with Gasteiger partial charge in [-0.15, -0.1) is 0 Å². The summed E-state index contributed by atoms with van der Waals surface area (Å²) in [5.41, 5.74) is 7.46. The average Bonchev–Trinajstić information content (AvgIpc) is 2.95. The number of H-pyrrole nitrogens is 2.